The molecule has 0 saturated carbocycles. The molecule has 0 aliphatic rings. The fourth-order valence-electron chi connectivity index (χ4n) is 0.997. The van der Waals surface area contributed by atoms with Gasteiger partial charge in [-0.25, -0.2) is 0 Å². The van der Waals surface area contributed by atoms with E-state index >= 15 is 0 Å². The Balaban J connectivity index is 3.81. The monoisotopic (exact) mass is 172 g/mol. The zero-order valence-electron chi connectivity index (χ0n) is 8.30. The van der Waals surface area contributed by atoms with Gasteiger partial charge < -0.3 is 10.2 Å². The average Bonchev–Trinajstić information content (AvgIpc) is 2.03. The molecule has 1 unspecified atom stereocenters. The van der Waals surface area contributed by atoms with Gasteiger partial charge in [-0.15, -0.1) is 0 Å². The van der Waals surface area contributed by atoms with E-state index in [2.05, 4.69) is 6.08 Å². The van der Waals surface area contributed by atoms with Crippen LogP contribution >= 0.6 is 0 Å². The van der Waals surface area contributed by atoms with Crippen molar-refractivity contribution in [2.24, 2.45) is 0 Å². The predicted octanol–water partition coefficient (Wildman–Crippen LogP) is 1.87. The summed E-state index contributed by atoms with van der Waals surface area (Å²) in [5.74, 6) is 0. The van der Waals surface area contributed by atoms with Crippen molar-refractivity contribution in [3.8, 4) is 0 Å². The fourth-order valence-corrected chi connectivity index (χ4v) is 0.997. The van der Waals surface area contributed by atoms with E-state index < -0.39 is 5.60 Å². The number of allylic oxidation sites excluding steroid dienone is 2. The Morgan fingerprint density at radius 2 is 2.00 bits per heavy atom. The lowest BCUT2D eigenvalue weighted by Crippen LogP contribution is -2.31. The zero-order valence-corrected chi connectivity index (χ0v) is 8.30. The minimum absolute atomic E-state index is 0.139. The molecule has 0 aromatic carbocycles. The Hall–Kier alpha value is -0.340. The van der Waals surface area contributed by atoms with Gasteiger partial charge in [-0.1, -0.05) is 18.6 Å². The minimum atomic E-state index is -0.869. The summed E-state index contributed by atoms with van der Waals surface area (Å²) in [6, 6.07) is 0. The lowest BCUT2D eigenvalue weighted by Gasteiger charge is -2.23. The first kappa shape index (κ1) is 11.7. The Bertz CT molecular complexity index is 142. The largest absolute Gasteiger partial charge is 0.393 e. The van der Waals surface area contributed by atoms with Crippen LogP contribution in [0.25, 0.3) is 0 Å². The number of aliphatic hydroxyl groups is 2. The number of hydrogen-bond donors (Lipinski definition) is 2. The Morgan fingerprint density at radius 3 is 2.33 bits per heavy atom. The third-order valence-corrected chi connectivity index (χ3v) is 2.11. The molecule has 0 amide bonds. The van der Waals surface area contributed by atoms with E-state index in [9.17, 15) is 5.11 Å². The third kappa shape index (κ3) is 4.52. The molecular formula is C10H20O2. The molecule has 0 aliphatic carbocycles. The Morgan fingerprint density at radius 1 is 1.42 bits per heavy atom. The molecule has 0 rings (SSSR count). The van der Waals surface area contributed by atoms with Crippen LogP contribution in [0.15, 0.2) is 11.6 Å². The standard InChI is InChI=1S/C10H20O2/c1-4-10(12,8-11)7-5-6-9(2)3/h6,11-12H,4-5,7-8H2,1-3H3. The summed E-state index contributed by atoms with van der Waals surface area (Å²) in [5, 5.41) is 18.5. The maximum absolute atomic E-state index is 9.66. The summed E-state index contributed by atoms with van der Waals surface area (Å²) < 4.78 is 0. The SMILES string of the molecule is CCC(O)(CO)CCC=C(C)C. The highest BCUT2D eigenvalue weighted by Crippen LogP contribution is 2.16. The molecule has 1 atom stereocenters. The number of aliphatic hydroxyl groups excluding tert-OH is 1. The molecule has 0 heterocycles. The highest BCUT2D eigenvalue weighted by atomic mass is 16.3. The van der Waals surface area contributed by atoms with Gasteiger partial charge in [-0.05, 0) is 33.1 Å². The van der Waals surface area contributed by atoms with E-state index in [1.54, 1.807) is 0 Å². The number of rotatable bonds is 5. The van der Waals surface area contributed by atoms with Gasteiger partial charge in [0.2, 0.25) is 0 Å². The van der Waals surface area contributed by atoms with E-state index in [0.717, 1.165) is 6.42 Å². The molecule has 0 bridgehead atoms. The molecule has 0 fully saturated rings. The molecule has 0 radical (unpaired) electrons. The van der Waals surface area contributed by atoms with Crippen LogP contribution in [-0.4, -0.2) is 22.4 Å². The molecule has 12 heavy (non-hydrogen) atoms. The van der Waals surface area contributed by atoms with Gasteiger partial charge in [-0.3, -0.25) is 0 Å². The van der Waals surface area contributed by atoms with Gasteiger partial charge in [0.05, 0.1) is 12.2 Å². The maximum Gasteiger partial charge on any atom is 0.0877 e. The first-order valence-electron chi connectivity index (χ1n) is 4.50. The summed E-state index contributed by atoms with van der Waals surface area (Å²) in [5.41, 5.74) is 0.387. The third-order valence-electron chi connectivity index (χ3n) is 2.11. The Labute approximate surface area is 74.9 Å². The number of hydrogen-bond acceptors (Lipinski definition) is 2. The molecule has 0 saturated heterocycles. The van der Waals surface area contributed by atoms with Crippen molar-refractivity contribution in [2.45, 2.75) is 45.6 Å². The van der Waals surface area contributed by atoms with Crippen LogP contribution in [0.3, 0.4) is 0 Å². The molecule has 0 spiro atoms. The molecular weight excluding hydrogens is 152 g/mol. The van der Waals surface area contributed by atoms with Crippen molar-refractivity contribution in [2.75, 3.05) is 6.61 Å². The van der Waals surface area contributed by atoms with Crippen LogP contribution in [0.2, 0.25) is 0 Å². The molecule has 0 aromatic heterocycles. The normalized spacial score (nSPS) is 15.4. The van der Waals surface area contributed by atoms with Crippen molar-refractivity contribution in [3.63, 3.8) is 0 Å². The second-order valence-electron chi connectivity index (χ2n) is 3.56. The summed E-state index contributed by atoms with van der Waals surface area (Å²) in [6.07, 6.45) is 4.18. The van der Waals surface area contributed by atoms with E-state index in [1.807, 2.05) is 20.8 Å². The van der Waals surface area contributed by atoms with Crippen molar-refractivity contribution in [1.82, 2.24) is 0 Å². The van der Waals surface area contributed by atoms with Crippen molar-refractivity contribution < 1.29 is 10.2 Å². The Kier molecular flexibility index (Phi) is 5.18. The lowest BCUT2D eigenvalue weighted by molar-refractivity contribution is -0.0233. The second-order valence-corrected chi connectivity index (χ2v) is 3.56. The zero-order chi connectivity index (χ0) is 9.61. The van der Waals surface area contributed by atoms with Crippen molar-refractivity contribution >= 4 is 0 Å². The van der Waals surface area contributed by atoms with Crippen LogP contribution in [0.4, 0.5) is 0 Å². The van der Waals surface area contributed by atoms with Gasteiger partial charge in [0.25, 0.3) is 0 Å². The highest BCUT2D eigenvalue weighted by Gasteiger charge is 2.21. The van der Waals surface area contributed by atoms with Crippen molar-refractivity contribution in [1.29, 1.82) is 0 Å². The van der Waals surface area contributed by atoms with Crippen molar-refractivity contribution in [3.05, 3.63) is 11.6 Å². The van der Waals surface area contributed by atoms with E-state index in [-0.39, 0.29) is 6.61 Å². The summed E-state index contributed by atoms with van der Waals surface area (Å²) in [6.45, 7) is 5.81. The van der Waals surface area contributed by atoms with Crippen LogP contribution in [0.1, 0.15) is 40.0 Å². The molecule has 2 heteroatoms. The topological polar surface area (TPSA) is 40.5 Å². The van der Waals surface area contributed by atoms with Gasteiger partial charge in [-0.2, -0.15) is 0 Å². The molecule has 0 aromatic rings. The second kappa shape index (κ2) is 5.33. The van der Waals surface area contributed by atoms with Gasteiger partial charge in [0.1, 0.15) is 0 Å². The highest BCUT2D eigenvalue weighted by molar-refractivity contribution is 4.94. The first-order chi connectivity index (χ1) is 5.54. The van der Waals surface area contributed by atoms with Crippen LogP contribution in [0, 0.1) is 0 Å². The molecule has 2 N–H and O–H groups in total. The summed E-state index contributed by atoms with van der Waals surface area (Å²) in [4.78, 5) is 0. The van der Waals surface area contributed by atoms with E-state index in [4.69, 9.17) is 5.11 Å². The maximum atomic E-state index is 9.66. The van der Waals surface area contributed by atoms with Crippen LogP contribution < -0.4 is 0 Å². The first-order valence-corrected chi connectivity index (χ1v) is 4.50. The van der Waals surface area contributed by atoms with Gasteiger partial charge in [0.15, 0.2) is 0 Å². The molecule has 2 nitrogen and oxygen atoms in total. The predicted molar refractivity (Wildman–Crippen MR) is 51.0 cm³/mol. The summed E-state index contributed by atoms with van der Waals surface area (Å²) in [7, 11) is 0. The lowest BCUT2D eigenvalue weighted by atomic mass is 9.95. The van der Waals surface area contributed by atoms with Gasteiger partial charge in [0, 0.05) is 0 Å². The van der Waals surface area contributed by atoms with Gasteiger partial charge >= 0.3 is 0 Å². The fraction of sp³-hybridized carbons (Fsp3) is 0.800. The average molecular weight is 172 g/mol. The quantitative estimate of drug-likeness (QED) is 0.621. The molecule has 0 aliphatic heterocycles. The molecule has 72 valence electrons. The van der Waals surface area contributed by atoms with Crippen LogP contribution in [0.5, 0.6) is 0 Å². The summed E-state index contributed by atoms with van der Waals surface area (Å²) >= 11 is 0. The minimum Gasteiger partial charge on any atom is -0.393 e. The van der Waals surface area contributed by atoms with E-state index in [0.29, 0.717) is 12.8 Å². The van der Waals surface area contributed by atoms with E-state index in [1.165, 1.54) is 5.57 Å². The smallest absolute Gasteiger partial charge is 0.0877 e. The van der Waals surface area contributed by atoms with Crippen LogP contribution in [-0.2, 0) is 0 Å².